The Morgan fingerprint density at radius 2 is 1.95 bits per heavy atom. The van der Waals surface area contributed by atoms with Crippen molar-refractivity contribution >= 4 is 28.6 Å². The first-order valence-electron chi connectivity index (χ1n) is 6.89. The van der Waals surface area contributed by atoms with E-state index in [0.29, 0.717) is 15.3 Å². The van der Waals surface area contributed by atoms with Crippen LogP contribution in [-0.4, -0.2) is 55.4 Å². The van der Waals surface area contributed by atoms with E-state index in [1.807, 2.05) is 27.5 Å². The molecule has 1 aromatic heterocycles. The van der Waals surface area contributed by atoms with E-state index < -0.39 is 5.82 Å². The van der Waals surface area contributed by atoms with Gasteiger partial charge in [-0.2, -0.15) is 0 Å². The monoisotopic (exact) mass is 418 g/mol. The molecule has 2 aromatic rings. The molecule has 8 heteroatoms. The molecular weight excluding hydrogens is 402 g/mol. The summed E-state index contributed by atoms with van der Waals surface area (Å²) in [6, 6.07) is 3.41. The van der Waals surface area contributed by atoms with E-state index in [0.717, 1.165) is 26.2 Å². The van der Waals surface area contributed by atoms with Crippen LogP contribution < -0.4 is 9.64 Å². The van der Waals surface area contributed by atoms with E-state index in [1.54, 1.807) is 13.2 Å². The van der Waals surface area contributed by atoms with Crippen molar-refractivity contribution in [3.05, 3.63) is 21.5 Å². The topological polar surface area (TPSA) is 54.6 Å². The molecule has 0 saturated carbocycles. The van der Waals surface area contributed by atoms with E-state index in [-0.39, 0.29) is 11.5 Å². The molecule has 0 bridgehead atoms. The Balaban J connectivity index is 1.87. The van der Waals surface area contributed by atoms with Gasteiger partial charge in [0.15, 0.2) is 0 Å². The third-order valence-corrected chi connectivity index (χ3v) is 4.50. The first kappa shape index (κ1) is 15.5. The van der Waals surface area contributed by atoms with Crippen molar-refractivity contribution in [3.63, 3.8) is 0 Å². The second kappa shape index (κ2) is 6.37. The van der Waals surface area contributed by atoms with Gasteiger partial charge >= 0.3 is 6.01 Å². The van der Waals surface area contributed by atoms with Crippen LogP contribution >= 0.6 is 22.6 Å². The number of likely N-dealkylation sites (N-methyl/N-ethyl adjacent to an activating group) is 1. The summed E-state index contributed by atoms with van der Waals surface area (Å²) in [7, 11) is 3.62. The average molecular weight is 418 g/mol. The lowest BCUT2D eigenvalue weighted by atomic mass is 10.2. The number of methoxy groups -OCH3 is 1. The standard InChI is InChI=1S/C14H16FIN4O2/c1-19-3-5-20(6-4-19)14-18-17-13(22-14)9-7-12(21-2)11(16)8-10(9)15/h7-8H,3-6H2,1-2H3. The summed E-state index contributed by atoms with van der Waals surface area (Å²) in [6.45, 7) is 3.50. The fourth-order valence-corrected chi connectivity index (χ4v) is 2.95. The molecule has 1 saturated heterocycles. The van der Waals surface area contributed by atoms with Crippen LogP contribution in [-0.2, 0) is 0 Å². The van der Waals surface area contributed by atoms with E-state index >= 15 is 0 Å². The maximum absolute atomic E-state index is 14.1. The minimum atomic E-state index is -0.404. The Morgan fingerprint density at radius 1 is 1.23 bits per heavy atom. The van der Waals surface area contributed by atoms with Crippen LogP contribution in [0.5, 0.6) is 5.75 Å². The smallest absolute Gasteiger partial charge is 0.318 e. The largest absolute Gasteiger partial charge is 0.496 e. The average Bonchev–Trinajstić information content (AvgIpc) is 2.98. The van der Waals surface area contributed by atoms with E-state index in [2.05, 4.69) is 22.1 Å². The summed E-state index contributed by atoms with van der Waals surface area (Å²) in [5, 5.41) is 8.02. The highest BCUT2D eigenvalue weighted by Gasteiger charge is 2.21. The third kappa shape index (κ3) is 3.02. The Hall–Kier alpha value is -1.42. The molecule has 0 unspecified atom stereocenters. The zero-order valence-electron chi connectivity index (χ0n) is 12.3. The Labute approximate surface area is 141 Å². The fraction of sp³-hybridized carbons (Fsp3) is 0.429. The zero-order valence-corrected chi connectivity index (χ0v) is 14.5. The Morgan fingerprint density at radius 3 is 2.64 bits per heavy atom. The number of hydrogen-bond donors (Lipinski definition) is 0. The van der Waals surface area contributed by atoms with Gasteiger partial charge in [-0.3, -0.25) is 0 Å². The third-order valence-electron chi connectivity index (χ3n) is 3.66. The van der Waals surface area contributed by atoms with Crippen LogP contribution in [0.15, 0.2) is 16.5 Å². The molecular formula is C14H16FIN4O2. The molecule has 1 aliphatic heterocycles. The maximum atomic E-state index is 14.1. The molecule has 1 aromatic carbocycles. The highest BCUT2D eigenvalue weighted by atomic mass is 127. The maximum Gasteiger partial charge on any atom is 0.318 e. The number of hydrogen-bond acceptors (Lipinski definition) is 6. The summed E-state index contributed by atoms with van der Waals surface area (Å²) in [5.41, 5.74) is 0.255. The summed E-state index contributed by atoms with van der Waals surface area (Å²) >= 11 is 2.02. The lowest BCUT2D eigenvalue weighted by Crippen LogP contribution is -2.44. The van der Waals surface area contributed by atoms with Crippen LogP contribution in [0, 0.1) is 9.39 Å². The number of nitrogens with zero attached hydrogens (tertiary/aromatic N) is 4. The van der Waals surface area contributed by atoms with Crippen LogP contribution in [0.4, 0.5) is 10.4 Å². The van der Waals surface area contributed by atoms with Crippen molar-refractivity contribution in [2.45, 2.75) is 0 Å². The first-order valence-corrected chi connectivity index (χ1v) is 7.96. The lowest BCUT2D eigenvalue weighted by Gasteiger charge is -2.30. The van der Waals surface area contributed by atoms with Gasteiger partial charge in [-0.1, -0.05) is 5.10 Å². The molecule has 2 heterocycles. The molecule has 1 aliphatic rings. The second-order valence-electron chi connectivity index (χ2n) is 5.15. The summed E-state index contributed by atoms with van der Waals surface area (Å²) in [5.74, 6) is 0.344. The quantitative estimate of drug-likeness (QED) is 0.713. The minimum Gasteiger partial charge on any atom is -0.496 e. The van der Waals surface area contributed by atoms with Crippen LogP contribution in [0.2, 0.25) is 0 Å². The molecule has 0 atom stereocenters. The predicted molar refractivity (Wildman–Crippen MR) is 88.7 cm³/mol. The van der Waals surface area contributed by atoms with Gasteiger partial charge < -0.3 is 19.0 Å². The first-order chi connectivity index (χ1) is 10.6. The van der Waals surface area contributed by atoms with E-state index in [9.17, 15) is 4.39 Å². The highest BCUT2D eigenvalue weighted by Crippen LogP contribution is 2.31. The number of benzene rings is 1. The van der Waals surface area contributed by atoms with Crippen molar-refractivity contribution in [2.24, 2.45) is 0 Å². The van der Waals surface area contributed by atoms with Crippen molar-refractivity contribution in [1.82, 2.24) is 15.1 Å². The number of halogens is 2. The lowest BCUT2D eigenvalue weighted by molar-refractivity contribution is 0.305. The van der Waals surface area contributed by atoms with Crippen molar-refractivity contribution in [1.29, 1.82) is 0 Å². The SMILES string of the molecule is COc1cc(-c2nnc(N3CCN(C)CC3)o2)c(F)cc1I. The van der Waals surface area contributed by atoms with Gasteiger partial charge in [0, 0.05) is 26.2 Å². The molecule has 1 fully saturated rings. The summed E-state index contributed by atoms with van der Waals surface area (Å²) < 4.78 is 25.7. The predicted octanol–water partition coefficient (Wildman–Crippen LogP) is 2.24. The molecule has 0 N–H and O–H groups in total. The van der Waals surface area contributed by atoms with Crippen molar-refractivity contribution < 1.29 is 13.5 Å². The number of piperazine rings is 1. The molecule has 6 nitrogen and oxygen atoms in total. The van der Waals surface area contributed by atoms with Gasteiger partial charge in [0.1, 0.15) is 11.6 Å². The normalized spacial score (nSPS) is 16.1. The summed E-state index contributed by atoms with van der Waals surface area (Å²) in [6.07, 6.45) is 0. The Bertz CT molecular complexity index is 671. The zero-order chi connectivity index (χ0) is 15.7. The highest BCUT2D eigenvalue weighted by molar-refractivity contribution is 14.1. The van der Waals surface area contributed by atoms with Gasteiger partial charge in [0.2, 0.25) is 0 Å². The molecule has 3 rings (SSSR count). The molecule has 0 radical (unpaired) electrons. The number of ether oxygens (including phenoxy) is 1. The van der Waals surface area contributed by atoms with E-state index in [1.165, 1.54) is 6.07 Å². The van der Waals surface area contributed by atoms with Gasteiger partial charge in [-0.15, -0.1) is 5.10 Å². The molecule has 0 amide bonds. The number of rotatable bonds is 3. The van der Waals surface area contributed by atoms with Crippen LogP contribution in [0.1, 0.15) is 0 Å². The fourth-order valence-electron chi connectivity index (χ4n) is 2.30. The molecule has 0 spiro atoms. The van der Waals surface area contributed by atoms with Gasteiger partial charge in [0.25, 0.3) is 5.89 Å². The minimum absolute atomic E-state index is 0.168. The van der Waals surface area contributed by atoms with Gasteiger partial charge in [-0.05, 0) is 41.8 Å². The van der Waals surface area contributed by atoms with Crippen molar-refractivity contribution in [3.8, 4) is 17.2 Å². The molecule has 22 heavy (non-hydrogen) atoms. The van der Waals surface area contributed by atoms with Gasteiger partial charge in [-0.25, -0.2) is 4.39 Å². The number of anilines is 1. The molecule has 118 valence electrons. The number of aromatic nitrogens is 2. The summed E-state index contributed by atoms with van der Waals surface area (Å²) in [4.78, 5) is 4.25. The van der Waals surface area contributed by atoms with Crippen LogP contribution in [0.3, 0.4) is 0 Å². The molecule has 0 aliphatic carbocycles. The van der Waals surface area contributed by atoms with Crippen LogP contribution in [0.25, 0.3) is 11.5 Å². The van der Waals surface area contributed by atoms with E-state index in [4.69, 9.17) is 9.15 Å². The Kier molecular flexibility index (Phi) is 4.48. The van der Waals surface area contributed by atoms with Crippen molar-refractivity contribution in [2.75, 3.05) is 45.2 Å². The van der Waals surface area contributed by atoms with Gasteiger partial charge in [0.05, 0.1) is 16.2 Å². The second-order valence-corrected chi connectivity index (χ2v) is 6.31.